The fourth-order valence-corrected chi connectivity index (χ4v) is 3.74. The lowest BCUT2D eigenvalue weighted by Crippen LogP contribution is -2.27. The number of benzene rings is 1. The first-order chi connectivity index (χ1) is 12.2. The normalized spacial score (nSPS) is 13.2. The number of nitrogens with zero attached hydrogens (tertiary/aromatic N) is 1. The summed E-state index contributed by atoms with van der Waals surface area (Å²) in [7, 11) is 0. The van der Waals surface area contributed by atoms with Crippen LogP contribution in [0.15, 0.2) is 18.2 Å². The lowest BCUT2D eigenvalue weighted by molar-refractivity contribution is 0.0635. The van der Waals surface area contributed by atoms with Gasteiger partial charge in [0.1, 0.15) is 10.5 Å². The van der Waals surface area contributed by atoms with Gasteiger partial charge in [-0.05, 0) is 70.2 Å². The molecule has 0 fully saturated rings. The van der Waals surface area contributed by atoms with Gasteiger partial charge < -0.3 is 10.1 Å². The lowest BCUT2D eigenvalue weighted by atomic mass is 10.1. The molecule has 6 nitrogen and oxygen atoms in total. The summed E-state index contributed by atoms with van der Waals surface area (Å²) in [5.74, 6) is -0.227. The molecule has 2 amide bonds. The molecule has 26 heavy (non-hydrogen) atoms. The molecule has 1 aliphatic rings. The van der Waals surface area contributed by atoms with Gasteiger partial charge >= 0.3 is 6.09 Å². The third kappa shape index (κ3) is 4.40. The molecule has 7 heteroatoms. The van der Waals surface area contributed by atoms with Gasteiger partial charge in [-0.25, -0.2) is 9.78 Å². The fourth-order valence-electron chi connectivity index (χ4n) is 2.89. The molecular formula is C19H23N3O3S. The van der Waals surface area contributed by atoms with Crippen LogP contribution in [0.3, 0.4) is 0 Å². The predicted octanol–water partition coefficient (Wildman–Crippen LogP) is 4.54. The van der Waals surface area contributed by atoms with E-state index in [1.807, 2.05) is 12.1 Å². The molecule has 1 aromatic carbocycles. The van der Waals surface area contributed by atoms with E-state index in [0.29, 0.717) is 15.7 Å². The number of hydrogen-bond acceptors (Lipinski definition) is 5. The molecule has 1 aromatic heterocycles. The highest BCUT2D eigenvalue weighted by Crippen LogP contribution is 2.27. The number of amides is 2. The summed E-state index contributed by atoms with van der Waals surface area (Å²) in [5.41, 5.74) is 3.42. The average molecular weight is 373 g/mol. The van der Waals surface area contributed by atoms with Crippen molar-refractivity contribution < 1.29 is 14.3 Å². The molecule has 0 spiro atoms. The van der Waals surface area contributed by atoms with Crippen molar-refractivity contribution in [2.24, 2.45) is 0 Å². The predicted molar refractivity (Wildman–Crippen MR) is 103 cm³/mol. The smallest absolute Gasteiger partial charge is 0.413 e. The van der Waals surface area contributed by atoms with Gasteiger partial charge in [-0.3, -0.25) is 10.1 Å². The van der Waals surface area contributed by atoms with Gasteiger partial charge in [-0.15, -0.1) is 0 Å². The van der Waals surface area contributed by atoms with E-state index in [0.717, 1.165) is 29.9 Å². The monoisotopic (exact) mass is 373 g/mol. The number of ether oxygens (including phenoxy) is 1. The van der Waals surface area contributed by atoms with Gasteiger partial charge in [0.05, 0.1) is 5.69 Å². The topological polar surface area (TPSA) is 80.3 Å². The maximum Gasteiger partial charge on any atom is 0.413 e. The van der Waals surface area contributed by atoms with Crippen LogP contribution in [0.2, 0.25) is 0 Å². The number of aryl methyl sites for hydroxylation is 3. The van der Waals surface area contributed by atoms with Gasteiger partial charge in [-0.1, -0.05) is 17.4 Å². The Morgan fingerprint density at radius 1 is 1.15 bits per heavy atom. The van der Waals surface area contributed by atoms with Crippen molar-refractivity contribution in [1.29, 1.82) is 0 Å². The minimum absolute atomic E-state index is 0.227. The summed E-state index contributed by atoms with van der Waals surface area (Å²) < 4.78 is 5.21. The summed E-state index contributed by atoms with van der Waals surface area (Å²) in [5, 5.41) is 5.84. The molecule has 0 radical (unpaired) electrons. The van der Waals surface area contributed by atoms with E-state index in [1.54, 1.807) is 27.7 Å². The summed E-state index contributed by atoms with van der Waals surface area (Å²) in [6.07, 6.45) is 2.75. The Morgan fingerprint density at radius 2 is 1.88 bits per heavy atom. The van der Waals surface area contributed by atoms with Gasteiger partial charge in [0.25, 0.3) is 5.91 Å². The number of rotatable bonds is 3. The molecule has 138 valence electrons. The zero-order valence-corrected chi connectivity index (χ0v) is 16.3. The first-order valence-electron chi connectivity index (χ1n) is 8.62. The maximum absolute atomic E-state index is 12.6. The molecule has 0 atom stereocenters. The largest absolute Gasteiger partial charge is 0.444 e. The number of carbonyl (C=O) groups is 2. The summed E-state index contributed by atoms with van der Waals surface area (Å²) in [6, 6.07) is 6.04. The van der Waals surface area contributed by atoms with Crippen LogP contribution in [0.4, 0.5) is 15.6 Å². The zero-order chi connectivity index (χ0) is 18.9. The first-order valence-corrected chi connectivity index (χ1v) is 9.43. The third-order valence-electron chi connectivity index (χ3n) is 3.97. The Kier molecular flexibility index (Phi) is 5.00. The summed E-state index contributed by atoms with van der Waals surface area (Å²) >= 11 is 1.13. The highest BCUT2D eigenvalue weighted by atomic mass is 32.1. The molecule has 0 aliphatic heterocycles. The van der Waals surface area contributed by atoms with Crippen LogP contribution < -0.4 is 10.6 Å². The van der Waals surface area contributed by atoms with Crippen molar-refractivity contribution in [3.8, 4) is 0 Å². The van der Waals surface area contributed by atoms with E-state index in [9.17, 15) is 9.59 Å². The Labute approximate surface area is 157 Å². The van der Waals surface area contributed by atoms with E-state index >= 15 is 0 Å². The second-order valence-electron chi connectivity index (χ2n) is 7.35. The second kappa shape index (κ2) is 7.07. The molecule has 2 N–H and O–H groups in total. The molecule has 3 rings (SSSR count). The standard InChI is InChI=1S/C19H23N3O3S/c1-11-15(26-17(20-11)22-18(24)25-19(2,3)4)16(23)21-14-9-8-12-6-5-7-13(12)10-14/h8-10H,5-7H2,1-4H3,(H,21,23)(H,20,22,24). The van der Waals surface area contributed by atoms with Crippen molar-refractivity contribution in [3.05, 3.63) is 39.9 Å². The van der Waals surface area contributed by atoms with Gasteiger partial charge in [-0.2, -0.15) is 0 Å². The third-order valence-corrected chi connectivity index (χ3v) is 5.04. The van der Waals surface area contributed by atoms with Crippen LogP contribution in [0, 0.1) is 6.92 Å². The molecule has 0 unspecified atom stereocenters. The number of carbonyl (C=O) groups excluding carboxylic acids is 2. The van der Waals surface area contributed by atoms with Crippen LogP contribution in [-0.4, -0.2) is 22.6 Å². The van der Waals surface area contributed by atoms with E-state index in [4.69, 9.17) is 4.74 Å². The molecule has 2 aromatic rings. The Balaban J connectivity index is 1.68. The number of hydrogen-bond donors (Lipinski definition) is 2. The summed E-state index contributed by atoms with van der Waals surface area (Å²) in [6.45, 7) is 7.11. The van der Waals surface area contributed by atoms with Crippen molar-refractivity contribution in [2.45, 2.75) is 52.6 Å². The SMILES string of the molecule is Cc1nc(NC(=O)OC(C)(C)C)sc1C(=O)Nc1ccc2c(c1)CCC2. The molecule has 0 bridgehead atoms. The molecule has 0 saturated heterocycles. The minimum atomic E-state index is -0.593. The van der Waals surface area contributed by atoms with E-state index in [-0.39, 0.29) is 5.91 Å². The van der Waals surface area contributed by atoms with Crippen LogP contribution in [0.5, 0.6) is 0 Å². The number of nitrogens with one attached hydrogen (secondary N) is 2. The van der Waals surface area contributed by atoms with Crippen molar-refractivity contribution in [2.75, 3.05) is 10.6 Å². The van der Waals surface area contributed by atoms with Crippen LogP contribution in [0.1, 0.15) is 53.7 Å². The number of thiazole rings is 1. The Morgan fingerprint density at radius 3 is 2.62 bits per heavy atom. The van der Waals surface area contributed by atoms with Crippen LogP contribution >= 0.6 is 11.3 Å². The van der Waals surface area contributed by atoms with Crippen molar-refractivity contribution >= 4 is 34.2 Å². The van der Waals surface area contributed by atoms with E-state index in [2.05, 4.69) is 21.7 Å². The second-order valence-corrected chi connectivity index (χ2v) is 8.35. The Bertz CT molecular complexity index is 852. The molecule has 0 saturated carbocycles. The first kappa shape index (κ1) is 18.4. The molecular weight excluding hydrogens is 350 g/mol. The van der Waals surface area contributed by atoms with Gasteiger partial charge in [0.2, 0.25) is 0 Å². The number of aromatic nitrogens is 1. The lowest BCUT2D eigenvalue weighted by Gasteiger charge is -2.18. The average Bonchev–Trinajstić information content (AvgIpc) is 3.11. The van der Waals surface area contributed by atoms with Crippen molar-refractivity contribution in [1.82, 2.24) is 4.98 Å². The quantitative estimate of drug-likeness (QED) is 0.828. The number of anilines is 2. The maximum atomic E-state index is 12.6. The van der Waals surface area contributed by atoms with Crippen LogP contribution in [-0.2, 0) is 17.6 Å². The van der Waals surface area contributed by atoms with Gasteiger partial charge in [0.15, 0.2) is 5.13 Å². The molecule has 1 heterocycles. The van der Waals surface area contributed by atoms with Crippen LogP contribution in [0.25, 0.3) is 0 Å². The number of fused-ring (bicyclic) bond motifs is 1. The van der Waals surface area contributed by atoms with E-state index in [1.165, 1.54) is 17.5 Å². The minimum Gasteiger partial charge on any atom is -0.444 e. The van der Waals surface area contributed by atoms with Gasteiger partial charge in [0, 0.05) is 5.69 Å². The Hall–Kier alpha value is -2.41. The van der Waals surface area contributed by atoms with Crippen molar-refractivity contribution in [3.63, 3.8) is 0 Å². The highest BCUT2D eigenvalue weighted by molar-refractivity contribution is 7.17. The van der Waals surface area contributed by atoms with E-state index < -0.39 is 11.7 Å². The zero-order valence-electron chi connectivity index (χ0n) is 15.4. The molecule has 1 aliphatic carbocycles. The summed E-state index contributed by atoms with van der Waals surface area (Å²) in [4.78, 5) is 29.1. The fraction of sp³-hybridized carbons (Fsp3) is 0.421. The highest BCUT2D eigenvalue weighted by Gasteiger charge is 2.20.